The Morgan fingerprint density at radius 2 is 1.79 bits per heavy atom. The van der Waals surface area contributed by atoms with Crippen LogP contribution < -0.4 is 10.1 Å². The standard InChI is InChI=1S/C31H37F3N2O6/c1-30(2,17-22-14-23-6-4-5-7-24(23)15-22)36-19-26(42-29(38)31(32,33)34)20-41-27-16-21(8-10-25(27)18-35)9-11-28(37)40-13-12-39-3/h4-8,10,16,22,26,36H,9,11-15,17,19-20H2,1-3H3/t26-/m1/s1. The van der Waals surface area contributed by atoms with Crippen LogP contribution in [-0.2, 0) is 43.1 Å². The summed E-state index contributed by atoms with van der Waals surface area (Å²) in [7, 11) is 1.49. The first kappa shape index (κ1) is 32.9. The minimum absolute atomic E-state index is 0.0754. The van der Waals surface area contributed by atoms with Gasteiger partial charge >= 0.3 is 18.1 Å². The van der Waals surface area contributed by atoms with Crippen LogP contribution in [0.3, 0.4) is 0 Å². The quantitative estimate of drug-likeness (QED) is 0.235. The van der Waals surface area contributed by atoms with Gasteiger partial charge in [-0.25, -0.2) is 4.79 Å². The monoisotopic (exact) mass is 590 g/mol. The van der Waals surface area contributed by atoms with Crippen molar-refractivity contribution in [3.8, 4) is 11.8 Å². The van der Waals surface area contributed by atoms with Crippen molar-refractivity contribution < 1.29 is 41.7 Å². The average molecular weight is 591 g/mol. The molecule has 0 radical (unpaired) electrons. The number of nitrogens with one attached hydrogen (secondary N) is 1. The van der Waals surface area contributed by atoms with Crippen LogP contribution in [0.2, 0.25) is 0 Å². The summed E-state index contributed by atoms with van der Waals surface area (Å²) in [5.74, 6) is -2.26. The van der Waals surface area contributed by atoms with E-state index in [9.17, 15) is 28.0 Å². The molecule has 3 rings (SSSR count). The lowest BCUT2D eigenvalue weighted by Gasteiger charge is -2.31. The van der Waals surface area contributed by atoms with Gasteiger partial charge in [0.15, 0.2) is 0 Å². The Morgan fingerprint density at radius 3 is 2.40 bits per heavy atom. The third kappa shape index (κ3) is 10.3. The highest BCUT2D eigenvalue weighted by Gasteiger charge is 2.42. The number of ether oxygens (including phenoxy) is 4. The number of nitriles is 1. The molecule has 2 aromatic carbocycles. The van der Waals surface area contributed by atoms with Crippen molar-refractivity contribution in [2.45, 2.75) is 63.8 Å². The molecule has 1 aliphatic carbocycles. The molecule has 1 N–H and O–H groups in total. The number of benzene rings is 2. The number of rotatable bonds is 15. The molecule has 0 spiro atoms. The van der Waals surface area contributed by atoms with Crippen LogP contribution in [0, 0.1) is 17.2 Å². The Kier molecular flexibility index (Phi) is 11.8. The van der Waals surface area contributed by atoms with E-state index in [1.54, 1.807) is 12.1 Å². The van der Waals surface area contributed by atoms with Gasteiger partial charge in [-0.1, -0.05) is 30.3 Å². The Balaban J connectivity index is 1.62. The van der Waals surface area contributed by atoms with Gasteiger partial charge in [-0.3, -0.25) is 4.79 Å². The van der Waals surface area contributed by atoms with Crippen molar-refractivity contribution in [3.05, 3.63) is 64.7 Å². The normalized spacial score (nSPS) is 14.1. The molecule has 8 nitrogen and oxygen atoms in total. The average Bonchev–Trinajstić information content (AvgIpc) is 3.34. The van der Waals surface area contributed by atoms with Crippen molar-refractivity contribution >= 4 is 11.9 Å². The molecular weight excluding hydrogens is 553 g/mol. The first-order valence-corrected chi connectivity index (χ1v) is 13.8. The molecule has 1 aliphatic rings. The Hall–Kier alpha value is -3.62. The summed E-state index contributed by atoms with van der Waals surface area (Å²) in [6.07, 6.45) is -3.47. The lowest BCUT2D eigenvalue weighted by atomic mass is 9.88. The molecule has 2 aromatic rings. The third-order valence-corrected chi connectivity index (χ3v) is 7.01. The molecule has 11 heteroatoms. The van der Waals surface area contributed by atoms with Gasteiger partial charge in [-0.05, 0) is 74.3 Å². The predicted octanol–water partition coefficient (Wildman–Crippen LogP) is 4.71. The Morgan fingerprint density at radius 1 is 1.10 bits per heavy atom. The summed E-state index contributed by atoms with van der Waals surface area (Å²) < 4.78 is 59.5. The van der Waals surface area contributed by atoms with E-state index in [2.05, 4.69) is 17.4 Å². The molecular formula is C31H37F3N2O6. The fraction of sp³-hybridized carbons (Fsp3) is 0.516. The molecule has 0 aromatic heterocycles. The van der Waals surface area contributed by atoms with E-state index >= 15 is 0 Å². The summed E-state index contributed by atoms with van der Waals surface area (Å²) in [6, 6.07) is 14.9. The number of fused-ring (bicyclic) bond motifs is 1. The van der Waals surface area contributed by atoms with Crippen molar-refractivity contribution in [3.63, 3.8) is 0 Å². The van der Waals surface area contributed by atoms with Crippen LogP contribution >= 0.6 is 0 Å². The zero-order valence-corrected chi connectivity index (χ0v) is 24.1. The first-order valence-electron chi connectivity index (χ1n) is 13.8. The highest BCUT2D eigenvalue weighted by Crippen LogP contribution is 2.32. The Bertz CT molecular complexity index is 1230. The SMILES string of the molecule is COCCOC(=O)CCc1ccc(C#N)c(OC[C@@H](CNC(C)(C)CC2Cc3ccccc3C2)OC(=O)C(F)(F)F)c1. The number of halogens is 3. The summed E-state index contributed by atoms with van der Waals surface area (Å²) in [4.78, 5) is 23.6. The molecule has 0 heterocycles. The van der Waals surface area contributed by atoms with Gasteiger partial charge in [0.1, 0.15) is 31.1 Å². The fourth-order valence-corrected chi connectivity index (χ4v) is 5.01. The highest BCUT2D eigenvalue weighted by atomic mass is 19.4. The fourth-order valence-electron chi connectivity index (χ4n) is 5.01. The number of nitrogens with zero attached hydrogens (tertiary/aromatic N) is 1. The van der Waals surface area contributed by atoms with E-state index in [-0.39, 0.29) is 37.5 Å². The highest BCUT2D eigenvalue weighted by molar-refractivity contribution is 5.75. The maximum Gasteiger partial charge on any atom is 0.490 e. The lowest BCUT2D eigenvalue weighted by molar-refractivity contribution is -0.205. The van der Waals surface area contributed by atoms with Gasteiger partial charge in [0.2, 0.25) is 0 Å². The third-order valence-electron chi connectivity index (χ3n) is 7.01. The lowest BCUT2D eigenvalue weighted by Crippen LogP contribution is -2.48. The second-order valence-electron chi connectivity index (χ2n) is 11.0. The van der Waals surface area contributed by atoms with Crippen molar-refractivity contribution in [1.82, 2.24) is 5.32 Å². The number of methoxy groups -OCH3 is 1. The summed E-state index contributed by atoms with van der Waals surface area (Å²) in [5, 5.41) is 12.8. The second kappa shape index (κ2) is 15.0. The predicted molar refractivity (Wildman–Crippen MR) is 148 cm³/mol. The minimum atomic E-state index is -5.17. The molecule has 228 valence electrons. The van der Waals surface area contributed by atoms with E-state index < -0.39 is 36.4 Å². The number of carbonyl (C=O) groups is 2. The van der Waals surface area contributed by atoms with Crippen LogP contribution in [0.4, 0.5) is 13.2 Å². The van der Waals surface area contributed by atoms with Gasteiger partial charge in [-0.15, -0.1) is 0 Å². The molecule has 0 unspecified atom stereocenters. The smallest absolute Gasteiger partial charge is 0.488 e. The summed E-state index contributed by atoms with van der Waals surface area (Å²) in [5.41, 5.74) is 2.96. The van der Waals surface area contributed by atoms with Crippen molar-refractivity contribution in [2.24, 2.45) is 5.92 Å². The number of esters is 2. The van der Waals surface area contributed by atoms with Crippen LogP contribution in [-0.4, -0.2) is 63.2 Å². The molecule has 1 atom stereocenters. The molecule has 0 saturated carbocycles. The second-order valence-corrected chi connectivity index (χ2v) is 11.0. The molecule has 0 fully saturated rings. The molecule has 0 bridgehead atoms. The van der Waals surface area contributed by atoms with Gasteiger partial charge in [0, 0.05) is 25.6 Å². The van der Waals surface area contributed by atoms with Crippen LogP contribution in [0.15, 0.2) is 42.5 Å². The summed E-state index contributed by atoms with van der Waals surface area (Å²) >= 11 is 0. The number of alkyl halides is 3. The zero-order chi connectivity index (χ0) is 30.8. The first-order chi connectivity index (χ1) is 19.9. The largest absolute Gasteiger partial charge is 0.490 e. The van der Waals surface area contributed by atoms with Gasteiger partial charge in [0.05, 0.1) is 12.2 Å². The van der Waals surface area contributed by atoms with E-state index in [0.29, 0.717) is 17.9 Å². The van der Waals surface area contributed by atoms with Crippen LogP contribution in [0.25, 0.3) is 0 Å². The maximum atomic E-state index is 13.0. The summed E-state index contributed by atoms with van der Waals surface area (Å²) in [6.45, 7) is 3.81. The van der Waals surface area contributed by atoms with E-state index in [4.69, 9.17) is 18.9 Å². The van der Waals surface area contributed by atoms with Gasteiger partial charge < -0.3 is 24.3 Å². The molecule has 0 amide bonds. The molecule has 0 saturated heterocycles. The number of hydrogen-bond donors (Lipinski definition) is 1. The minimum Gasteiger partial charge on any atom is -0.488 e. The maximum absolute atomic E-state index is 13.0. The number of carbonyl (C=O) groups excluding carboxylic acids is 2. The molecule has 0 aliphatic heterocycles. The number of aryl methyl sites for hydroxylation is 1. The van der Waals surface area contributed by atoms with E-state index in [1.165, 1.54) is 24.3 Å². The number of hydrogen-bond acceptors (Lipinski definition) is 8. The van der Waals surface area contributed by atoms with Crippen molar-refractivity contribution in [1.29, 1.82) is 5.26 Å². The zero-order valence-electron chi connectivity index (χ0n) is 24.1. The van der Waals surface area contributed by atoms with Gasteiger partial charge in [0.25, 0.3) is 0 Å². The van der Waals surface area contributed by atoms with E-state index in [1.807, 2.05) is 32.0 Å². The van der Waals surface area contributed by atoms with Gasteiger partial charge in [-0.2, -0.15) is 18.4 Å². The van der Waals surface area contributed by atoms with Crippen molar-refractivity contribution in [2.75, 3.05) is 33.5 Å². The molecule has 42 heavy (non-hydrogen) atoms. The topological polar surface area (TPSA) is 107 Å². The van der Waals surface area contributed by atoms with Crippen LogP contribution in [0.5, 0.6) is 5.75 Å². The Labute approximate surface area is 244 Å². The van der Waals surface area contributed by atoms with E-state index in [0.717, 1.165) is 19.3 Å². The van der Waals surface area contributed by atoms with Crippen LogP contribution in [0.1, 0.15) is 48.9 Å².